The smallest absolute Gasteiger partial charge is 0.115 e. The van der Waals surface area contributed by atoms with Gasteiger partial charge in [-0.3, -0.25) is 4.68 Å². The Labute approximate surface area is 101 Å². The second-order valence-electron chi connectivity index (χ2n) is 4.19. The molecule has 1 aromatic carbocycles. The lowest BCUT2D eigenvalue weighted by Gasteiger charge is -2.07. The van der Waals surface area contributed by atoms with E-state index in [1.54, 1.807) is 12.1 Å². The molecule has 0 spiro atoms. The molecule has 0 bridgehead atoms. The predicted molar refractivity (Wildman–Crippen MR) is 68.1 cm³/mol. The van der Waals surface area contributed by atoms with Crippen molar-refractivity contribution in [3.8, 4) is 5.75 Å². The Kier molecular flexibility index (Phi) is 3.04. The van der Waals surface area contributed by atoms with Gasteiger partial charge >= 0.3 is 0 Å². The fraction of sp³-hybridized carbons (Fsp3) is 0.308. The number of aromatic hydroxyl groups is 1. The van der Waals surface area contributed by atoms with E-state index in [2.05, 4.69) is 10.4 Å². The molecule has 2 rings (SSSR count). The Morgan fingerprint density at radius 1 is 1.24 bits per heavy atom. The van der Waals surface area contributed by atoms with Gasteiger partial charge in [0, 0.05) is 13.6 Å². The van der Waals surface area contributed by atoms with Gasteiger partial charge < -0.3 is 10.4 Å². The average molecular weight is 231 g/mol. The first kappa shape index (κ1) is 11.5. The van der Waals surface area contributed by atoms with Crippen molar-refractivity contribution in [3.63, 3.8) is 0 Å². The van der Waals surface area contributed by atoms with Crippen LogP contribution in [-0.4, -0.2) is 14.9 Å². The first-order valence-corrected chi connectivity index (χ1v) is 5.60. The molecule has 0 aliphatic heterocycles. The van der Waals surface area contributed by atoms with Crippen LogP contribution in [0.3, 0.4) is 0 Å². The average Bonchev–Trinajstić information content (AvgIpc) is 2.54. The zero-order valence-electron chi connectivity index (χ0n) is 10.4. The Morgan fingerprint density at radius 3 is 2.41 bits per heavy atom. The van der Waals surface area contributed by atoms with Crippen molar-refractivity contribution in [2.45, 2.75) is 20.4 Å². The highest BCUT2D eigenvalue weighted by Crippen LogP contribution is 2.19. The van der Waals surface area contributed by atoms with Crippen LogP contribution in [0.15, 0.2) is 24.3 Å². The molecule has 0 amide bonds. The molecule has 0 radical (unpaired) electrons. The Morgan fingerprint density at radius 2 is 1.88 bits per heavy atom. The number of benzene rings is 1. The lowest BCUT2D eigenvalue weighted by Crippen LogP contribution is -2.01. The van der Waals surface area contributed by atoms with Crippen molar-refractivity contribution in [2.75, 3.05) is 5.32 Å². The summed E-state index contributed by atoms with van der Waals surface area (Å²) in [6.07, 6.45) is 0. The summed E-state index contributed by atoms with van der Waals surface area (Å²) in [5.74, 6) is 0.294. The summed E-state index contributed by atoms with van der Waals surface area (Å²) in [6, 6.07) is 7.20. The molecule has 0 aliphatic carbocycles. The molecule has 0 saturated carbocycles. The molecule has 0 aliphatic rings. The standard InChI is InChI=1S/C13H17N3O/c1-9-13(10(2)16(3)15-9)14-8-11-4-6-12(17)7-5-11/h4-7,14,17H,8H2,1-3H3. The molecule has 0 atom stereocenters. The highest BCUT2D eigenvalue weighted by Gasteiger charge is 2.08. The lowest BCUT2D eigenvalue weighted by molar-refractivity contribution is 0.475. The van der Waals surface area contributed by atoms with Crippen LogP contribution in [0.5, 0.6) is 5.75 Å². The number of aromatic nitrogens is 2. The molecule has 0 fully saturated rings. The van der Waals surface area contributed by atoms with Crippen LogP contribution >= 0.6 is 0 Å². The minimum atomic E-state index is 0.294. The fourth-order valence-corrected chi connectivity index (χ4v) is 1.83. The molecule has 1 aromatic heterocycles. The monoisotopic (exact) mass is 231 g/mol. The van der Waals surface area contributed by atoms with Gasteiger partial charge in [0.2, 0.25) is 0 Å². The van der Waals surface area contributed by atoms with E-state index in [-0.39, 0.29) is 0 Å². The number of nitrogens with one attached hydrogen (secondary N) is 1. The molecular weight excluding hydrogens is 214 g/mol. The van der Waals surface area contributed by atoms with E-state index in [9.17, 15) is 5.11 Å². The van der Waals surface area contributed by atoms with Crippen LogP contribution in [0, 0.1) is 13.8 Å². The third kappa shape index (κ3) is 2.41. The first-order chi connectivity index (χ1) is 8.08. The molecule has 17 heavy (non-hydrogen) atoms. The third-order valence-corrected chi connectivity index (χ3v) is 2.91. The van der Waals surface area contributed by atoms with E-state index in [0.717, 1.165) is 29.2 Å². The predicted octanol–water partition coefficient (Wildman–Crippen LogP) is 2.35. The van der Waals surface area contributed by atoms with Gasteiger partial charge in [-0.1, -0.05) is 12.1 Å². The van der Waals surface area contributed by atoms with Gasteiger partial charge in [-0.2, -0.15) is 5.10 Å². The van der Waals surface area contributed by atoms with Crippen molar-refractivity contribution in [2.24, 2.45) is 7.05 Å². The highest BCUT2D eigenvalue weighted by molar-refractivity contribution is 5.52. The second kappa shape index (κ2) is 4.49. The Hall–Kier alpha value is -1.97. The van der Waals surface area contributed by atoms with Gasteiger partial charge in [0.1, 0.15) is 5.75 Å². The summed E-state index contributed by atoms with van der Waals surface area (Å²) in [6.45, 7) is 4.76. The van der Waals surface area contributed by atoms with E-state index >= 15 is 0 Å². The van der Waals surface area contributed by atoms with Crippen molar-refractivity contribution in [1.29, 1.82) is 0 Å². The summed E-state index contributed by atoms with van der Waals surface area (Å²) >= 11 is 0. The number of hydrogen-bond donors (Lipinski definition) is 2. The van der Waals surface area contributed by atoms with E-state index in [1.807, 2.05) is 37.7 Å². The molecular formula is C13H17N3O. The first-order valence-electron chi connectivity index (χ1n) is 5.60. The van der Waals surface area contributed by atoms with E-state index < -0.39 is 0 Å². The van der Waals surface area contributed by atoms with Crippen LogP contribution in [0.25, 0.3) is 0 Å². The molecule has 2 N–H and O–H groups in total. The van der Waals surface area contributed by atoms with Gasteiger partial charge in [0.05, 0.1) is 17.1 Å². The number of rotatable bonds is 3. The number of hydrogen-bond acceptors (Lipinski definition) is 3. The van der Waals surface area contributed by atoms with Crippen molar-refractivity contribution in [1.82, 2.24) is 9.78 Å². The zero-order chi connectivity index (χ0) is 12.4. The van der Waals surface area contributed by atoms with Crippen molar-refractivity contribution < 1.29 is 5.11 Å². The maximum absolute atomic E-state index is 9.20. The zero-order valence-corrected chi connectivity index (χ0v) is 10.4. The summed E-state index contributed by atoms with van der Waals surface area (Å²) < 4.78 is 1.87. The fourth-order valence-electron chi connectivity index (χ4n) is 1.83. The number of nitrogens with zero attached hydrogens (tertiary/aromatic N) is 2. The number of phenols is 1. The maximum Gasteiger partial charge on any atom is 0.115 e. The normalized spacial score (nSPS) is 10.5. The molecule has 0 unspecified atom stereocenters. The van der Waals surface area contributed by atoms with Gasteiger partial charge in [-0.05, 0) is 31.5 Å². The topological polar surface area (TPSA) is 50.1 Å². The number of anilines is 1. The highest BCUT2D eigenvalue weighted by atomic mass is 16.3. The van der Waals surface area contributed by atoms with Gasteiger partial charge in [-0.25, -0.2) is 0 Å². The van der Waals surface area contributed by atoms with E-state index in [1.165, 1.54) is 0 Å². The van der Waals surface area contributed by atoms with Crippen molar-refractivity contribution >= 4 is 5.69 Å². The Balaban J connectivity index is 2.09. The van der Waals surface area contributed by atoms with Crippen LogP contribution in [-0.2, 0) is 13.6 Å². The van der Waals surface area contributed by atoms with Crippen LogP contribution in [0.4, 0.5) is 5.69 Å². The molecule has 4 nitrogen and oxygen atoms in total. The lowest BCUT2D eigenvalue weighted by atomic mass is 10.2. The molecule has 90 valence electrons. The van der Waals surface area contributed by atoms with Gasteiger partial charge in [0.25, 0.3) is 0 Å². The number of aryl methyl sites for hydroxylation is 2. The molecule has 0 saturated heterocycles. The minimum absolute atomic E-state index is 0.294. The maximum atomic E-state index is 9.20. The molecule has 4 heteroatoms. The largest absolute Gasteiger partial charge is 0.508 e. The van der Waals surface area contributed by atoms with Crippen molar-refractivity contribution in [3.05, 3.63) is 41.2 Å². The minimum Gasteiger partial charge on any atom is -0.508 e. The van der Waals surface area contributed by atoms with Crippen LogP contribution in [0.2, 0.25) is 0 Å². The summed E-state index contributed by atoms with van der Waals surface area (Å²) in [5.41, 5.74) is 4.34. The summed E-state index contributed by atoms with van der Waals surface area (Å²) in [7, 11) is 1.94. The number of phenolic OH excluding ortho intramolecular Hbond substituents is 1. The quantitative estimate of drug-likeness (QED) is 0.852. The summed E-state index contributed by atoms with van der Waals surface area (Å²) in [5, 5.41) is 16.9. The molecule has 2 aromatic rings. The van der Waals surface area contributed by atoms with E-state index in [0.29, 0.717) is 5.75 Å². The van der Waals surface area contributed by atoms with Crippen LogP contribution < -0.4 is 5.32 Å². The second-order valence-corrected chi connectivity index (χ2v) is 4.19. The SMILES string of the molecule is Cc1nn(C)c(C)c1NCc1ccc(O)cc1. The third-order valence-electron chi connectivity index (χ3n) is 2.91. The van der Waals surface area contributed by atoms with Crippen LogP contribution in [0.1, 0.15) is 17.0 Å². The van der Waals surface area contributed by atoms with Gasteiger partial charge in [-0.15, -0.1) is 0 Å². The Bertz CT molecular complexity index is 514. The van der Waals surface area contributed by atoms with Gasteiger partial charge in [0.15, 0.2) is 0 Å². The summed E-state index contributed by atoms with van der Waals surface area (Å²) in [4.78, 5) is 0. The molecule has 1 heterocycles. The van der Waals surface area contributed by atoms with E-state index in [4.69, 9.17) is 0 Å².